The Morgan fingerprint density at radius 1 is 0.824 bits per heavy atom. The molecule has 89 valence electrons. The van der Waals surface area contributed by atoms with E-state index in [-0.39, 0.29) is 1.43 Å². The molecule has 0 amide bonds. The van der Waals surface area contributed by atoms with E-state index in [2.05, 4.69) is 67.6 Å². The molecular formula is C16H20Sn-. The van der Waals surface area contributed by atoms with E-state index in [0.29, 0.717) is 0 Å². The van der Waals surface area contributed by atoms with Gasteiger partial charge in [0.15, 0.2) is 0 Å². The number of hydrogen-bond donors (Lipinski definition) is 0. The molecule has 0 unspecified atom stereocenters. The standard InChI is InChI=1S/2C6H5.C4H9.Sn.H/c2*1-2-4-6-5-3-1;1-3-4-2;;/h2*1-5H;1,3-4H2,2H3;;/q;;;;-1. The second-order valence-electron chi connectivity index (χ2n) is 4.31. The molecule has 0 fully saturated rings. The quantitative estimate of drug-likeness (QED) is 0.738. The normalized spacial score (nSPS) is 10.7. The van der Waals surface area contributed by atoms with Gasteiger partial charge >= 0.3 is 112 Å². The Morgan fingerprint density at radius 2 is 1.29 bits per heavy atom. The van der Waals surface area contributed by atoms with Crippen LogP contribution in [0.2, 0.25) is 4.44 Å². The first-order chi connectivity index (χ1) is 8.42. The first-order valence-corrected chi connectivity index (χ1v) is 11.3. The van der Waals surface area contributed by atoms with E-state index in [1.165, 1.54) is 17.3 Å². The van der Waals surface area contributed by atoms with Crippen molar-refractivity contribution in [3.05, 3.63) is 60.7 Å². The van der Waals surface area contributed by atoms with Crippen molar-refractivity contribution in [2.75, 3.05) is 0 Å². The summed E-state index contributed by atoms with van der Waals surface area (Å²) in [5.41, 5.74) is 0. The summed E-state index contributed by atoms with van der Waals surface area (Å²) in [6, 6.07) is 22.3. The summed E-state index contributed by atoms with van der Waals surface area (Å²) in [6.07, 6.45) is 2.68. The van der Waals surface area contributed by atoms with Crippen LogP contribution in [-0.4, -0.2) is 19.8 Å². The van der Waals surface area contributed by atoms with Crippen LogP contribution in [0.25, 0.3) is 0 Å². The van der Waals surface area contributed by atoms with Gasteiger partial charge in [0.05, 0.1) is 0 Å². The van der Waals surface area contributed by atoms with Crippen LogP contribution in [0.5, 0.6) is 0 Å². The molecular weight excluding hydrogens is 311 g/mol. The zero-order valence-corrected chi connectivity index (χ0v) is 13.2. The van der Waals surface area contributed by atoms with Gasteiger partial charge in [0.25, 0.3) is 0 Å². The maximum Gasteiger partial charge on any atom is -1.00 e. The zero-order valence-electron chi connectivity index (χ0n) is 11.4. The molecule has 2 aromatic carbocycles. The van der Waals surface area contributed by atoms with Crippen LogP contribution in [0.3, 0.4) is 0 Å². The summed E-state index contributed by atoms with van der Waals surface area (Å²) < 4.78 is 4.70. The van der Waals surface area contributed by atoms with E-state index in [1.807, 2.05) is 0 Å². The molecule has 17 heavy (non-hydrogen) atoms. The molecule has 2 rings (SSSR count). The van der Waals surface area contributed by atoms with Crippen molar-refractivity contribution in [3.63, 3.8) is 0 Å². The fourth-order valence-electron chi connectivity index (χ4n) is 2.09. The molecule has 0 aliphatic rings. The molecule has 0 nitrogen and oxygen atoms in total. The minimum absolute atomic E-state index is 0. The van der Waals surface area contributed by atoms with Crippen molar-refractivity contribution >= 4 is 26.9 Å². The summed E-state index contributed by atoms with van der Waals surface area (Å²) in [6.45, 7) is 2.29. The fraction of sp³-hybridized carbons (Fsp3) is 0.250. The summed E-state index contributed by atoms with van der Waals surface area (Å²) >= 11 is -1.60. The van der Waals surface area contributed by atoms with Crippen molar-refractivity contribution in [1.29, 1.82) is 0 Å². The van der Waals surface area contributed by atoms with E-state index in [0.717, 1.165) is 0 Å². The molecule has 1 heteroatoms. The van der Waals surface area contributed by atoms with Gasteiger partial charge in [-0.3, -0.25) is 0 Å². The monoisotopic (exact) mass is 332 g/mol. The average molecular weight is 331 g/mol. The minimum Gasteiger partial charge on any atom is -1.00 e. The second kappa shape index (κ2) is 6.85. The number of unbranched alkanes of at least 4 members (excludes halogenated alkanes) is 1. The summed E-state index contributed by atoms with van der Waals surface area (Å²) in [7, 11) is 0. The Balaban J connectivity index is 0.00000162. The third-order valence-electron chi connectivity index (χ3n) is 3.02. The average Bonchev–Trinajstić information content (AvgIpc) is 2.42. The van der Waals surface area contributed by atoms with Crippen molar-refractivity contribution in [2.45, 2.75) is 24.2 Å². The van der Waals surface area contributed by atoms with Crippen LogP contribution >= 0.6 is 0 Å². The van der Waals surface area contributed by atoms with Gasteiger partial charge in [-0.15, -0.1) is 0 Å². The minimum atomic E-state index is -1.60. The Bertz CT molecular complexity index is 388. The maximum absolute atomic E-state index is 2.33. The molecule has 0 aromatic heterocycles. The second-order valence-corrected chi connectivity index (χ2v) is 11.8. The molecule has 0 saturated heterocycles. The fourth-order valence-corrected chi connectivity index (χ4v) is 10.1. The predicted octanol–water partition coefficient (Wildman–Crippen LogP) is 3.21. The van der Waals surface area contributed by atoms with E-state index < -0.39 is 19.8 Å². The van der Waals surface area contributed by atoms with E-state index in [4.69, 9.17) is 0 Å². The number of hydrogen-bond acceptors (Lipinski definition) is 0. The van der Waals surface area contributed by atoms with Crippen LogP contribution in [-0.2, 0) is 0 Å². The van der Waals surface area contributed by atoms with Crippen molar-refractivity contribution < 1.29 is 1.43 Å². The van der Waals surface area contributed by atoms with Crippen LogP contribution < -0.4 is 7.16 Å². The molecule has 0 N–H and O–H groups in total. The molecule has 0 saturated carbocycles. The molecule has 0 spiro atoms. The van der Waals surface area contributed by atoms with Crippen LogP contribution in [0.15, 0.2) is 60.7 Å². The first-order valence-electron chi connectivity index (χ1n) is 6.38. The molecule has 0 bridgehead atoms. The Labute approximate surface area is 113 Å². The number of benzene rings is 2. The van der Waals surface area contributed by atoms with Crippen LogP contribution in [0.1, 0.15) is 21.2 Å². The molecule has 2 aromatic rings. The van der Waals surface area contributed by atoms with Gasteiger partial charge in [0.2, 0.25) is 0 Å². The molecule has 1 radical (unpaired) electrons. The van der Waals surface area contributed by atoms with Crippen molar-refractivity contribution in [2.24, 2.45) is 0 Å². The van der Waals surface area contributed by atoms with Gasteiger partial charge in [-0.05, 0) is 0 Å². The zero-order chi connectivity index (χ0) is 11.9. The predicted molar refractivity (Wildman–Crippen MR) is 78.7 cm³/mol. The van der Waals surface area contributed by atoms with E-state index in [1.54, 1.807) is 7.16 Å². The summed E-state index contributed by atoms with van der Waals surface area (Å²) in [5, 5.41) is 0. The van der Waals surface area contributed by atoms with Gasteiger partial charge in [-0.25, -0.2) is 0 Å². The van der Waals surface area contributed by atoms with Crippen molar-refractivity contribution in [1.82, 2.24) is 0 Å². The SMILES string of the molecule is CCC[CH2][Sn]([c]1ccccc1)[c]1ccccc1.[H-]. The maximum atomic E-state index is 2.33. The Hall–Kier alpha value is -0.761. The third kappa shape index (κ3) is 3.60. The van der Waals surface area contributed by atoms with E-state index >= 15 is 0 Å². The largest absolute Gasteiger partial charge is 1.00 e. The summed E-state index contributed by atoms with van der Waals surface area (Å²) in [4.78, 5) is 0. The molecule has 0 aliphatic heterocycles. The van der Waals surface area contributed by atoms with Crippen LogP contribution in [0.4, 0.5) is 0 Å². The molecule has 0 aliphatic carbocycles. The third-order valence-corrected chi connectivity index (χ3v) is 11.3. The smallest absolute Gasteiger partial charge is 1.00 e. The van der Waals surface area contributed by atoms with Gasteiger partial charge in [-0.2, -0.15) is 0 Å². The van der Waals surface area contributed by atoms with Crippen LogP contribution in [0, 0.1) is 0 Å². The topological polar surface area (TPSA) is 0 Å². The van der Waals surface area contributed by atoms with Gasteiger partial charge < -0.3 is 1.43 Å². The Morgan fingerprint density at radius 3 is 1.71 bits per heavy atom. The Kier molecular flexibility index (Phi) is 5.11. The van der Waals surface area contributed by atoms with Gasteiger partial charge in [-0.1, -0.05) is 0 Å². The van der Waals surface area contributed by atoms with E-state index in [9.17, 15) is 0 Å². The first kappa shape index (κ1) is 12.7. The van der Waals surface area contributed by atoms with Crippen molar-refractivity contribution in [3.8, 4) is 0 Å². The van der Waals surface area contributed by atoms with Gasteiger partial charge in [0, 0.05) is 0 Å². The molecule has 0 heterocycles. The molecule has 0 atom stereocenters. The summed E-state index contributed by atoms with van der Waals surface area (Å²) in [5.74, 6) is 0. The number of rotatable bonds is 5. The van der Waals surface area contributed by atoms with Gasteiger partial charge in [0.1, 0.15) is 0 Å².